The van der Waals surface area contributed by atoms with Crippen molar-refractivity contribution in [2.75, 3.05) is 26.2 Å². The highest BCUT2D eigenvalue weighted by Gasteiger charge is 2.41. The van der Waals surface area contributed by atoms with E-state index in [2.05, 4.69) is 10.6 Å². The monoisotopic (exact) mass is 380 g/mol. The van der Waals surface area contributed by atoms with Gasteiger partial charge in [0, 0.05) is 52.1 Å². The Kier molecular flexibility index (Phi) is 5.98. The molecule has 0 aliphatic carbocycles. The molecule has 9 nitrogen and oxygen atoms in total. The minimum atomic E-state index is -0.594. The van der Waals surface area contributed by atoms with E-state index in [0.29, 0.717) is 39.0 Å². The number of ether oxygens (including phenoxy) is 1. The van der Waals surface area contributed by atoms with Crippen molar-refractivity contribution < 1.29 is 23.9 Å². The molecule has 2 unspecified atom stereocenters. The Morgan fingerprint density at radius 2 is 1.15 bits per heavy atom. The first kappa shape index (κ1) is 19.6. The summed E-state index contributed by atoms with van der Waals surface area (Å²) < 4.78 is 5.79. The summed E-state index contributed by atoms with van der Waals surface area (Å²) in [4.78, 5) is 51.0. The minimum Gasteiger partial charge on any atom is -0.355 e. The Morgan fingerprint density at radius 3 is 1.52 bits per heavy atom. The van der Waals surface area contributed by atoms with Gasteiger partial charge in [-0.1, -0.05) is 0 Å². The molecule has 3 saturated heterocycles. The lowest BCUT2D eigenvalue weighted by molar-refractivity contribution is -0.150. The fraction of sp³-hybridized carbons (Fsp3) is 0.778. The maximum Gasteiger partial charge on any atom is 0.251 e. The second-order valence-corrected chi connectivity index (χ2v) is 7.63. The van der Waals surface area contributed by atoms with Gasteiger partial charge in [-0.3, -0.25) is 19.2 Å². The summed E-state index contributed by atoms with van der Waals surface area (Å²) in [6.45, 7) is 5.09. The van der Waals surface area contributed by atoms with Gasteiger partial charge < -0.3 is 25.2 Å². The van der Waals surface area contributed by atoms with Crippen molar-refractivity contribution in [3.8, 4) is 0 Å². The van der Waals surface area contributed by atoms with Crippen LogP contribution < -0.4 is 10.6 Å². The van der Waals surface area contributed by atoms with Crippen molar-refractivity contribution in [1.29, 1.82) is 0 Å². The number of rotatable bonds is 4. The van der Waals surface area contributed by atoms with Crippen molar-refractivity contribution in [1.82, 2.24) is 20.4 Å². The van der Waals surface area contributed by atoms with Crippen LogP contribution in [-0.4, -0.2) is 83.9 Å². The molecule has 3 aliphatic heterocycles. The quantitative estimate of drug-likeness (QED) is 0.651. The Labute approximate surface area is 158 Å². The highest BCUT2D eigenvalue weighted by Crippen LogP contribution is 2.25. The molecule has 4 atom stereocenters. The Bertz CT molecular complexity index is 573. The molecule has 3 rings (SSSR count). The van der Waals surface area contributed by atoms with Crippen molar-refractivity contribution >= 4 is 23.6 Å². The van der Waals surface area contributed by atoms with Gasteiger partial charge in [0.15, 0.2) is 0 Å². The van der Waals surface area contributed by atoms with Gasteiger partial charge in [0.1, 0.15) is 12.2 Å². The van der Waals surface area contributed by atoms with Crippen LogP contribution in [0.4, 0.5) is 0 Å². The largest absolute Gasteiger partial charge is 0.355 e. The van der Waals surface area contributed by atoms with Crippen LogP contribution >= 0.6 is 0 Å². The van der Waals surface area contributed by atoms with Crippen molar-refractivity contribution in [2.24, 2.45) is 0 Å². The molecule has 2 N–H and O–H groups in total. The van der Waals surface area contributed by atoms with Gasteiger partial charge in [-0.05, 0) is 25.7 Å². The number of nitrogens with zero attached hydrogens (tertiary/aromatic N) is 2. The van der Waals surface area contributed by atoms with Gasteiger partial charge in [-0.2, -0.15) is 0 Å². The average molecular weight is 380 g/mol. The third-order valence-electron chi connectivity index (χ3n) is 5.39. The maximum absolute atomic E-state index is 12.7. The first-order valence-corrected chi connectivity index (χ1v) is 9.60. The molecule has 0 spiro atoms. The lowest BCUT2D eigenvalue weighted by Gasteiger charge is -2.23. The standard InChI is InChI=1S/C18H28N4O5/c1-11(23)19-13-5-7-21(9-13)17(25)15-3-4-16(27-15)18(26)22-8-6-14(10-22)20-12(2)24/h13-16H,3-10H2,1-2H3,(H,19,23)(H,20,24)/t13?,14?,15-,16+. The zero-order chi connectivity index (χ0) is 19.6. The van der Waals surface area contributed by atoms with Gasteiger partial charge in [-0.15, -0.1) is 0 Å². The number of carbonyl (C=O) groups excluding carboxylic acids is 4. The van der Waals surface area contributed by atoms with Gasteiger partial charge in [0.05, 0.1) is 0 Å². The number of hydrogen-bond acceptors (Lipinski definition) is 5. The topological polar surface area (TPSA) is 108 Å². The highest BCUT2D eigenvalue weighted by atomic mass is 16.5. The molecule has 3 heterocycles. The summed E-state index contributed by atoms with van der Waals surface area (Å²) in [6, 6.07) is -0.0267. The molecule has 9 heteroatoms. The molecule has 0 aromatic heterocycles. The van der Waals surface area contributed by atoms with Crippen LogP contribution in [-0.2, 0) is 23.9 Å². The first-order valence-electron chi connectivity index (χ1n) is 9.60. The van der Waals surface area contributed by atoms with Gasteiger partial charge in [0.2, 0.25) is 11.8 Å². The van der Waals surface area contributed by atoms with E-state index in [4.69, 9.17) is 4.74 Å². The minimum absolute atomic E-state index is 0.0133. The van der Waals surface area contributed by atoms with Gasteiger partial charge in [0.25, 0.3) is 11.8 Å². The van der Waals surface area contributed by atoms with Crippen LogP contribution in [0.25, 0.3) is 0 Å². The molecule has 0 aromatic rings. The SMILES string of the molecule is CC(=O)NC1CCN(C(=O)[C@@H]2CC[C@H](C(=O)N3CCC(NC(C)=O)C3)O2)C1. The molecule has 0 saturated carbocycles. The fourth-order valence-electron chi connectivity index (χ4n) is 4.14. The van der Waals surface area contributed by atoms with Crippen molar-refractivity contribution in [3.63, 3.8) is 0 Å². The number of hydrogen-bond donors (Lipinski definition) is 2. The summed E-state index contributed by atoms with van der Waals surface area (Å²) >= 11 is 0. The predicted molar refractivity (Wildman–Crippen MR) is 95.5 cm³/mol. The maximum atomic E-state index is 12.7. The van der Waals surface area contributed by atoms with E-state index in [-0.39, 0.29) is 35.7 Å². The fourth-order valence-corrected chi connectivity index (χ4v) is 4.14. The van der Waals surface area contributed by atoms with Crippen LogP contribution in [0, 0.1) is 0 Å². The van der Waals surface area contributed by atoms with Crippen LogP contribution in [0.1, 0.15) is 39.5 Å². The number of nitrogens with one attached hydrogen (secondary N) is 2. The second kappa shape index (κ2) is 8.24. The van der Waals surface area contributed by atoms with Gasteiger partial charge in [-0.25, -0.2) is 0 Å². The van der Waals surface area contributed by atoms with Crippen LogP contribution in [0.2, 0.25) is 0 Å². The molecule has 150 valence electrons. The third kappa shape index (κ3) is 4.77. The molecule has 0 bridgehead atoms. The average Bonchev–Trinajstić information content (AvgIpc) is 3.33. The number of carbonyl (C=O) groups is 4. The highest BCUT2D eigenvalue weighted by molar-refractivity contribution is 5.85. The first-order chi connectivity index (χ1) is 12.8. The Balaban J connectivity index is 1.47. The molecule has 3 fully saturated rings. The molecule has 0 radical (unpaired) electrons. The van der Waals surface area contributed by atoms with E-state index >= 15 is 0 Å². The van der Waals surface area contributed by atoms with E-state index in [9.17, 15) is 19.2 Å². The molecule has 4 amide bonds. The lowest BCUT2D eigenvalue weighted by Crippen LogP contribution is -2.43. The summed E-state index contributed by atoms with van der Waals surface area (Å²) in [5.41, 5.74) is 0. The van der Waals surface area contributed by atoms with Crippen LogP contribution in [0.15, 0.2) is 0 Å². The second-order valence-electron chi connectivity index (χ2n) is 7.63. The molecule has 27 heavy (non-hydrogen) atoms. The molecule has 0 aromatic carbocycles. The van der Waals surface area contributed by atoms with Crippen molar-refractivity contribution in [2.45, 2.75) is 63.8 Å². The number of likely N-dealkylation sites (tertiary alicyclic amines) is 2. The smallest absolute Gasteiger partial charge is 0.251 e. The lowest BCUT2D eigenvalue weighted by atomic mass is 10.1. The predicted octanol–water partition coefficient (Wildman–Crippen LogP) is -0.992. The Hall–Kier alpha value is -2.16. The Morgan fingerprint density at radius 1 is 0.741 bits per heavy atom. The van der Waals surface area contributed by atoms with Crippen LogP contribution in [0.5, 0.6) is 0 Å². The summed E-state index contributed by atoms with van der Waals surface area (Å²) in [6.07, 6.45) is 1.34. The summed E-state index contributed by atoms with van der Waals surface area (Å²) in [5, 5.41) is 5.67. The summed E-state index contributed by atoms with van der Waals surface area (Å²) in [5.74, 6) is -0.396. The molecular formula is C18H28N4O5. The van der Waals surface area contributed by atoms with Crippen LogP contribution in [0.3, 0.4) is 0 Å². The normalized spacial score (nSPS) is 30.4. The summed E-state index contributed by atoms with van der Waals surface area (Å²) in [7, 11) is 0. The van der Waals surface area contributed by atoms with Gasteiger partial charge >= 0.3 is 0 Å². The van der Waals surface area contributed by atoms with E-state index in [0.717, 1.165) is 12.8 Å². The van der Waals surface area contributed by atoms with E-state index in [1.165, 1.54) is 13.8 Å². The van der Waals surface area contributed by atoms with Crippen molar-refractivity contribution in [3.05, 3.63) is 0 Å². The van der Waals surface area contributed by atoms with E-state index in [1.807, 2.05) is 0 Å². The van der Waals surface area contributed by atoms with E-state index in [1.54, 1.807) is 9.80 Å². The molecular weight excluding hydrogens is 352 g/mol. The molecule has 3 aliphatic rings. The zero-order valence-corrected chi connectivity index (χ0v) is 15.9. The number of amides is 4. The zero-order valence-electron chi connectivity index (χ0n) is 15.9. The van der Waals surface area contributed by atoms with E-state index < -0.39 is 12.2 Å². The third-order valence-corrected chi connectivity index (χ3v) is 5.39.